The Kier molecular flexibility index (Phi) is 7.55. The SMILES string of the molecule is Cc1cc(C)cc(OCCC(=O)Nc2ccc(NC(=O)c3ccc(F)cc3)cc2C(F)(F)F)c1. The molecule has 2 amide bonds. The van der Waals surface area contributed by atoms with Crippen molar-refractivity contribution in [1.29, 1.82) is 0 Å². The molecule has 0 aliphatic rings. The van der Waals surface area contributed by atoms with E-state index in [1.807, 2.05) is 19.9 Å². The standard InChI is InChI=1S/C25H22F4N2O3/c1-15-11-16(2)13-20(12-15)34-10-9-23(32)31-22-8-7-19(14-21(22)25(27,28)29)30-24(33)17-3-5-18(26)6-4-17/h3-8,11-14H,9-10H2,1-2H3,(H,30,33)(H,31,32). The zero-order valence-corrected chi connectivity index (χ0v) is 18.4. The number of halogens is 4. The van der Waals surface area contributed by atoms with Crippen LogP contribution >= 0.6 is 0 Å². The van der Waals surface area contributed by atoms with Gasteiger partial charge in [0.05, 0.1) is 24.3 Å². The Morgan fingerprint density at radius 3 is 2.15 bits per heavy atom. The minimum atomic E-state index is -4.78. The van der Waals surface area contributed by atoms with Crippen molar-refractivity contribution in [3.63, 3.8) is 0 Å². The predicted octanol–water partition coefficient (Wildman–Crippen LogP) is 6.12. The number of alkyl halides is 3. The van der Waals surface area contributed by atoms with Crippen LogP contribution in [0, 0.1) is 19.7 Å². The van der Waals surface area contributed by atoms with E-state index in [1.165, 1.54) is 18.2 Å². The molecule has 0 aliphatic carbocycles. The Labute approximate surface area is 193 Å². The molecular weight excluding hydrogens is 452 g/mol. The molecule has 0 saturated heterocycles. The third kappa shape index (κ3) is 6.81. The number of benzene rings is 3. The van der Waals surface area contributed by atoms with E-state index in [9.17, 15) is 27.2 Å². The van der Waals surface area contributed by atoms with Crippen LogP contribution in [-0.4, -0.2) is 18.4 Å². The van der Waals surface area contributed by atoms with Gasteiger partial charge >= 0.3 is 6.18 Å². The van der Waals surface area contributed by atoms with Crippen LogP contribution in [0.2, 0.25) is 0 Å². The van der Waals surface area contributed by atoms with E-state index < -0.39 is 35.1 Å². The van der Waals surface area contributed by atoms with Crippen LogP contribution < -0.4 is 15.4 Å². The second kappa shape index (κ2) is 10.4. The van der Waals surface area contributed by atoms with Crippen molar-refractivity contribution in [3.8, 4) is 5.75 Å². The molecule has 3 aromatic rings. The highest BCUT2D eigenvalue weighted by atomic mass is 19.4. The highest BCUT2D eigenvalue weighted by molar-refractivity contribution is 6.04. The molecule has 5 nitrogen and oxygen atoms in total. The topological polar surface area (TPSA) is 67.4 Å². The summed E-state index contributed by atoms with van der Waals surface area (Å²) in [7, 11) is 0. The predicted molar refractivity (Wildman–Crippen MR) is 120 cm³/mol. The van der Waals surface area contributed by atoms with Gasteiger partial charge in [-0.25, -0.2) is 4.39 Å². The molecule has 0 spiro atoms. The van der Waals surface area contributed by atoms with Gasteiger partial charge in [-0.05, 0) is 79.6 Å². The van der Waals surface area contributed by atoms with Gasteiger partial charge in [0.1, 0.15) is 11.6 Å². The Balaban J connectivity index is 1.66. The fourth-order valence-electron chi connectivity index (χ4n) is 3.26. The fraction of sp³-hybridized carbons (Fsp3) is 0.200. The molecular formula is C25H22F4N2O3. The minimum Gasteiger partial charge on any atom is -0.493 e. The Bertz CT molecular complexity index is 1170. The van der Waals surface area contributed by atoms with Gasteiger partial charge in [-0.3, -0.25) is 9.59 Å². The zero-order valence-electron chi connectivity index (χ0n) is 18.4. The summed E-state index contributed by atoms with van der Waals surface area (Å²) in [4.78, 5) is 24.5. The van der Waals surface area contributed by atoms with E-state index in [2.05, 4.69) is 10.6 Å². The average molecular weight is 474 g/mol. The molecule has 0 aromatic heterocycles. The number of nitrogens with one attached hydrogen (secondary N) is 2. The number of anilines is 2. The molecule has 34 heavy (non-hydrogen) atoms. The summed E-state index contributed by atoms with van der Waals surface area (Å²) in [6.45, 7) is 3.79. The van der Waals surface area contributed by atoms with Crippen molar-refractivity contribution in [2.24, 2.45) is 0 Å². The van der Waals surface area contributed by atoms with Crippen LogP contribution in [-0.2, 0) is 11.0 Å². The van der Waals surface area contributed by atoms with E-state index in [4.69, 9.17) is 4.74 Å². The van der Waals surface area contributed by atoms with Crippen molar-refractivity contribution in [1.82, 2.24) is 0 Å². The first-order valence-corrected chi connectivity index (χ1v) is 10.3. The fourth-order valence-corrected chi connectivity index (χ4v) is 3.26. The van der Waals surface area contributed by atoms with Crippen LogP contribution in [0.15, 0.2) is 60.7 Å². The molecule has 0 atom stereocenters. The minimum absolute atomic E-state index is 0.0120. The van der Waals surface area contributed by atoms with Crippen molar-refractivity contribution in [2.45, 2.75) is 26.4 Å². The normalized spacial score (nSPS) is 11.1. The summed E-state index contributed by atoms with van der Waals surface area (Å²) in [6, 6.07) is 13.1. The third-order valence-corrected chi connectivity index (χ3v) is 4.76. The number of carbonyl (C=O) groups excluding carboxylic acids is 2. The van der Waals surface area contributed by atoms with Gasteiger partial charge in [0.15, 0.2) is 0 Å². The number of hydrogen-bond donors (Lipinski definition) is 2. The molecule has 0 radical (unpaired) electrons. The second-order valence-corrected chi connectivity index (χ2v) is 7.69. The monoisotopic (exact) mass is 474 g/mol. The molecule has 3 aromatic carbocycles. The highest BCUT2D eigenvalue weighted by Gasteiger charge is 2.34. The lowest BCUT2D eigenvalue weighted by Gasteiger charge is -2.16. The van der Waals surface area contributed by atoms with Gasteiger partial charge in [-0.15, -0.1) is 0 Å². The van der Waals surface area contributed by atoms with E-state index in [0.717, 1.165) is 35.4 Å². The maximum atomic E-state index is 13.6. The quantitative estimate of drug-likeness (QED) is 0.406. The molecule has 0 unspecified atom stereocenters. The van der Waals surface area contributed by atoms with Crippen molar-refractivity contribution in [3.05, 3.63) is 88.7 Å². The Morgan fingerprint density at radius 1 is 0.882 bits per heavy atom. The molecule has 0 heterocycles. The summed E-state index contributed by atoms with van der Waals surface area (Å²) in [5, 5.41) is 4.59. The molecule has 2 N–H and O–H groups in total. The molecule has 9 heteroatoms. The first kappa shape index (κ1) is 24.8. The van der Waals surface area contributed by atoms with Crippen LogP contribution in [0.1, 0.15) is 33.5 Å². The first-order valence-electron chi connectivity index (χ1n) is 10.3. The summed E-state index contributed by atoms with van der Waals surface area (Å²) in [5.41, 5.74) is 0.368. The smallest absolute Gasteiger partial charge is 0.418 e. The lowest BCUT2D eigenvalue weighted by atomic mass is 10.1. The summed E-state index contributed by atoms with van der Waals surface area (Å²) in [6.07, 6.45) is -4.94. The number of hydrogen-bond acceptors (Lipinski definition) is 3. The van der Waals surface area contributed by atoms with E-state index in [-0.39, 0.29) is 24.3 Å². The van der Waals surface area contributed by atoms with E-state index in [0.29, 0.717) is 5.75 Å². The Hall–Kier alpha value is -3.88. The van der Waals surface area contributed by atoms with Crippen LogP contribution in [0.25, 0.3) is 0 Å². The lowest BCUT2D eigenvalue weighted by molar-refractivity contribution is -0.136. The van der Waals surface area contributed by atoms with Crippen LogP contribution in [0.5, 0.6) is 5.75 Å². The van der Waals surface area contributed by atoms with Gasteiger partial charge in [-0.2, -0.15) is 13.2 Å². The number of rotatable bonds is 7. The summed E-state index contributed by atoms with van der Waals surface area (Å²) >= 11 is 0. The number of ether oxygens (including phenoxy) is 1. The highest BCUT2D eigenvalue weighted by Crippen LogP contribution is 2.36. The van der Waals surface area contributed by atoms with E-state index >= 15 is 0 Å². The van der Waals surface area contributed by atoms with Gasteiger partial charge in [0, 0.05) is 11.3 Å². The van der Waals surface area contributed by atoms with Gasteiger partial charge in [-0.1, -0.05) is 6.07 Å². The maximum Gasteiger partial charge on any atom is 0.418 e. The molecule has 3 rings (SSSR count). The van der Waals surface area contributed by atoms with E-state index in [1.54, 1.807) is 12.1 Å². The van der Waals surface area contributed by atoms with Gasteiger partial charge in [0.2, 0.25) is 5.91 Å². The van der Waals surface area contributed by atoms with Gasteiger partial charge in [0.25, 0.3) is 5.91 Å². The van der Waals surface area contributed by atoms with Crippen molar-refractivity contribution in [2.75, 3.05) is 17.2 Å². The lowest BCUT2D eigenvalue weighted by Crippen LogP contribution is -2.19. The maximum absolute atomic E-state index is 13.6. The summed E-state index contributed by atoms with van der Waals surface area (Å²) < 4.78 is 59.3. The first-order chi connectivity index (χ1) is 16.0. The Morgan fingerprint density at radius 2 is 1.53 bits per heavy atom. The number of aryl methyl sites for hydroxylation is 2. The zero-order chi connectivity index (χ0) is 24.9. The second-order valence-electron chi connectivity index (χ2n) is 7.69. The van der Waals surface area contributed by atoms with Gasteiger partial charge < -0.3 is 15.4 Å². The van der Waals surface area contributed by atoms with Crippen LogP contribution in [0.3, 0.4) is 0 Å². The molecule has 0 aliphatic heterocycles. The molecule has 178 valence electrons. The largest absolute Gasteiger partial charge is 0.493 e. The number of amides is 2. The molecule has 0 saturated carbocycles. The average Bonchev–Trinajstić information content (AvgIpc) is 2.74. The number of carbonyl (C=O) groups is 2. The summed E-state index contributed by atoms with van der Waals surface area (Å²) in [5.74, 6) is -1.33. The molecule has 0 fully saturated rings. The van der Waals surface area contributed by atoms with Crippen LogP contribution in [0.4, 0.5) is 28.9 Å². The third-order valence-electron chi connectivity index (χ3n) is 4.76. The molecule has 0 bridgehead atoms. The van der Waals surface area contributed by atoms with Crippen molar-refractivity contribution < 1.29 is 31.9 Å². The van der Waals surface area contributed by atoms with Crippen molar-refractivity contribution >= 4 is 23.2 Å².